The topological polar surface area (TPSA) is 91.4 Å². The fraction of sp³-hybridized carbons (Fsp3) is 0.238. The maximum Gasteiger partial charge on any atom is 0.408 e. The molecule has 0 saturated heterocycles. The van der Waals surface area contributed by atoms with Crippen molar-refractivity contribution in [2.75, 3.05) is 0 Å². The third-order valence-corrected chi connectivity index (χ3v) is 3.90. The normalized spacial score (nSPS) is 11.2. The number of nitrogens with one attached hydrogen (secondary N) is 2. The largest absolute Gasteiger partial charge is 0.480 e. The number of H-pyrrole nitrogens is 1. The van der Waals surface area contributed by atoms with Gasteiger partial charge < -0.3 is 20.1 Å². The van der Waals surface area contributed by atoms with Gasteiger partial charge in [-0.3, -0.25) is 0 Å². The van der Waals surface area contributed by atoms with Gasteiger partial charge in [-0.15, -0.1) is 0 Å². The molecule has 27 heavy (non-hydrogen) atoms. The van der Waals surface area contributed by atoms with Gasteiger partial charge in [0.05, 0.1) is 0 Å². The molecule has 0 aliphatic heterocycles. The first kappa shape index (κ1) is 20.0. The van der Waals surface area contributed by atoms with Crippen molar-refractivity contribution in [2.24, 2.45) is 0 Å². The van der Waals surface area contributed by atoms with E-state index < -0.39 is 18.1 Å². The molecule has 0 fully saturated rings. The summed E-state index contributed by atoms with van der Waals surface area (Å²) in [5.41, 5.74) is 2.58. The van der Waals surface area contributed by atoms with Crippen molar-refractivity contribution in [1.29, 1.82) is 0 Å². The van der Waals surface area contributed by atoms with Crippen molar-refractivity contribution in [3.8, 4) is 0 Å². The van der Waals surface area contributed by atoms with Crippen molar-refractivity contribution in [2.45, 2.75) is 32.9 Å². The molecule has 1 unspecified atom stereocenters. The quantitative estimate of drug-likeness (QED) is 0.610. The van der Waals surface area contributed by atoms with Crippen LogP contribution in [-0.4, -0.2) is 28.2 Å². The molecule has 1 aromatic heterocycles. The Labute approximate surface area is 158 Å². The number of rotatable bonds is 6. The molecule has 3 N–H and O–H groups in total. The van der Waals surface area contributed by atoms with Crippen LogP contribution in [0.5, 0.6) is 0 Å². The predicted octanol–water partition coefficient (Wildman–Crippen LogP) is 4.12. The first-order valence-corrected chi connectivity index (χ1v) is 8.88. The second-order valence-corrected chi connectivity index (χ2v) is 5.66. The van der Waals surface area contributed by atoms with Crippen LogP contribution in [0.2, 0.25) is 0 Å². The summed E-state index contributed by atoms with van der Waals surface area (Å²) in [6, 6.07) is 15.7. The van der Waals surface area contributed by atoms with E-state index in [1.807, 2.05) is 68.4 Å². The lowest BCUT2D eigenvalue weighted by atomic mass is 10.1. The van der Waals surface area contributed by atoms with E-state index in [0.29, 0.717) is 0 Å². The Morgan fingerprint density at radius 3 is 2.44 bits per heavy atom. The van der Waals surface area contributed by atoms with Gasteiger partial charge in [0.15, 0.2) is 0 Å². The lowest BCUT2D eigenvalue weighted by Gasteiger charge is -2.14. The highest BCUT2D eigenvalue weighted by atomic mass is 16.5. The summed E-state index contributed by atoms with van der Waals surface area (Å²) >= 11 is 0. The van der Waals surface area contributed by atoms with Crippen LogP contribution in [0.25, 0.3) is 10.9 Å². The number of hydrogen-bond acceptors (Lipinski definition) is 3. The van der Waals surface area contributed by atoms with E-state index in [-0.39, 0.29) is 13.0 Å². The molecule has 142 valence electrons. The molecule has 2 aromatic carbocycles. The Morgan fingerprint density at radius 1 is 1.07 bits per heavy atom. The SMILES string of the molecule is CC.O=C(NC(Cc1c[nH]c2ccccc12)C(=O)O)OCc1ccccc1. The highest BCUT2D eigenvalue weighted by molar-refractivity contribution is 5.85. The molecule has 0 spiro atoms. The molecule has 0 aliphatic carbocycles. The Morgan fingerprint density at radius 2 is 1.74 bits per heavy atom. The van der Waals surface area contributed by atoms with E-state index in [4.69, 9.17) is 4.74 Å². The summed E-state index contributed by atoms with van der Waals surface area (Å²) in [6.07, 6.45) is 1.17. The molecule has 3 rings (SSSR count). The lowest BCUT2D eigenvalue weighted by Crippen LogP contribution is -2.42. The summed E-state index contributed by atoms with van der Waals surface area (Å²) in [7, 11) is 0. The van der Waals surface area contributed by atoms with Gasteiger partial charge in [0.1, 0.15) is 12.6 Å². The fourth-order valence-corrected chi connectivity index (χ4v) is 2.63. The first-order valence-electron chi connectivity index (χ1n) is 8.88. The van der Waals surface area contributed by atoms with Gasteiger partial charge in [0, 0.05) is 23.5 Å². The molecule has 6 heteroatoms. The maximum absolute atomic E-state index is 11.9. The maximum atomic E-state index is 11.9. The van der Waals surface area contributed by atoms with Gasteiger partial charge >= 0.3 is 12.1 Å². The van der Waals surface area contributed by atoms with Crippen molar-refractivity contribution < 1.29 is 19.4 Å². The van der Waals surface area contributed by atoms with Crippen LogP contribution in [0.15, 0.2) is 60.8 Å². The van der Waals surface area contributed by atoms with Gasteiger partial charge in [-0.1, -0.05) is 62.4 Å². The first-order chi connectivity index (χ1) is 13.1. The predicted molar refractivity (Wildman–Crippen MR) is 105 cm³/mol. The van der Waals surface area contributed by atoms with Gasteiger partial charge in [-0.25, -0.2) is 9.59 Å². The van der Waals surface area contributed by atoms with Crippen LogP contribution in [-0.2, 0) is 22.6 Å². The van der Waals surface area contributed by atoms with Crippen molar-refractivity contribution >= 4 is 23.0 Å². The van der Waals surface area contributed by atoms with Crippen LogP contribution in [0, 0.1) is 0 Å². The van der Waals surface area contributed by atoms with Crippen LogP contribution in [0.1, 0.15) is 25.0 Å². The number of alkyl carbamates (subject to hydrolysis) is 1. The van der Waals surface area contributed by atoms with Crippen LogP contribution < -0.4 is 5.32 Å². The molecule has 0 saturated carbocycles. The monoisotopic (exact) mass is 368 g/mol. The van der Waals surface area contributed by atoms with Crippen LogP contribution in [0.4, 0.5) is 4.79 Å². The zero-order chi connectivity index (χ0) is 19.6. The molecule has 6 nitrogen and oxygen atoms in total. The van der Waals surface area contributed by atoms with Crippen molar-refractivity contribution in [3.63, 3.8) is 0 Å². The number of hydrogen-bond donors (Lipinski definition) is 3. The zero-order valence-corrected chi connectivity index (χ0v) is 15.4. The minimum absolute atomic E-state index is 0.0894. The Hall–Kier alpha value is -3.28. The molecule has 3 aromatic rings. The van der Waals surface area contributed by atoms with Gasteiger partial charge in [0.25, 0.3) is 0 Å². The van der Waals surface area contributed by atoms with E-state index in [1.165, 1.54) is 0 Å². The van der Waals surface area contributed by atoms with E-state index in [0.717, 1.165) is 22.0 Å². The summed E-state index contributed by atoms with van der Waals surface area (Å²) in [6.45, 7) is 4.09. The van der Waals surface area contributed by atoms with E-state index >= 15 is 0 Å². The molecule has 1 amide bonds. The number of carbonyl (C=O) groups excluding carboxylic acids is 1. The average Bonchev–Trinajstić information content (AvgIpc) is 3.11. The summed E-state index contributed by atoms with van der Waals surface area (Å²) in [5.74, 6) is -1.11. The summed E-state index contributed by atoms with van der Waals surface area (Å²) in [4.78, 5) is 26.5. The third kappa shape index (κ3) is 5.60. The number of aliphatic carboxylic acids is 1. The molecule has 0 radical (unpaired) electrons. The molecule has 0 bridgehead atoms. The number of carbonyl (C=O) groups is 2. The summed E-state index contributed by atoms with van der Waals surface area (Å²) < 4.78 is 5.09. The fourth-order valence-electron chi connectivity index (χ4n) is 2.63. The number of benzene rings is 2. The zero-order valence-electron chi connectivity index (χ0n) is 15.4. The second kappa shape index (κ2) is 10.0. The average molecular weight is 368 g/mol. The summed E-state index contributed by atoms with van der Waals surface area (Å²) in [5, 5.41) is 12.8. The van der Waals surface area contributed by atoms with Crippen molar-refractivity contribution in [3.05, 3.63) is 71.9 Å². The van der Waals surface area contributed by atoms with Gasteiger partial charge in [-0.2, -0.15) is 0 Å². The molecular formula is C21H24N2O4. The molecule has 1 heterocycles. The van der Waals surface area contributed by atoms with Gasteiger partial charge in [0.2, 0.25) is 0 Å². The molecule has 0 aliphatic rings. The van der Waals surface area contributed by atoms with Crippen LogP contribution >= 0.6 is 0 Å². The number of ether oxygens (including phenoxy) is 1. The number of aromatic amines is 1. The van der Waals surface area contributed by atoms with Crippen LogP contribution in [0.3, 0.4) is 0 Å². The molecular weight excluding hydrogens is 344 g/mol. The Bertz CT molecular complexity index is 874. The highest BCUT2D eigenvalue weighted by Crippen LogP contribution is 2.19. The number of carboxylic acid groups (broad SMARTS) is 1. The van der Waals surface area contributed by atoms with E-state index in [9.17, 15) is 14.7 Å². The number of para-hydroxylation sites is 1. The third-order valence-electron chi connectivity index (χ3n) is 3.90. The number of fused-ring (bicyclic) bond motifs is 1. The smallest absolute Gasteiger partial charge is 0.408 e. The second-order valence-electron chi connectivity index (χ2n) is 5.66. The minimum atomic E-state index is -1.11. The minimum Gasteiger partial charge on any atom is -0.480 e. The molecule has 1 atom stereocenters. The number of aromatic nitrogens is 1. The lowest BCUT2D eigenvalue weighted by molar-refractivity contribution is -0.139. The highest BCUT2D eigenvalue weighted by Gasteiger charge is 2.22. The Kier molecular flexibility index (Phi) is 7.43. The van der Waals surface area contributed by atoms with E-state index in [1.54, 1.807) is 6.20 Å². The number of carboxylic acids is 1. The van der Waals surface area contributed by atoms with Crippen molar-refractivity contribution in [1.82, 2.24) is 10.3 Å². The Balaban J connectivity index is 0.00000126. The van der Waals surface area contributed by atoms with Gasteiger partial charge in [-0.05, 0) is 17.2 Å². The standard InChI is InChI=1S/C19H18N2O4.C2H6/c22-18(23)17(10-14-11-20-16-9-5-4-8-15(14)16)21-19(24)25-12-13-6-2-1-3-7-13;1-2/h1-9,11,17,20H,10,12H2,(H,21,24)(H,22,23);1-2H3. The van der Waals surface area contributed by atoms with E-state index in [2.05, 4.69) is 10.3 Å². The number of amides is 1.